The molecule has 0 aromatic heterocycles. The van der Waals surface area contributed by atoms with E-state index in [0.29, 0.717) is 13.0 Å². The number of halogens is 1. The molecule has 2 N–H and O–H groups in total. The van der Waals surface area contributed by atoms with Crippen LogP contribution in [0.4, 0.5) is 4.79 Å². The van der Waals surface area contributed by atoms with Crippen molar-refractivity contribution in [3.63, 3.8) is 0 Å². The van der Waals surface area contributed by atoms with E-state index < -0.39 is 29.9 Å². The monoisotopic (exact) mass is 294 g/mol. The molecule has 112 valence electrons. The van der Waals surface area contributed by atoms with Crippen molar-refractivity contribution < 1.29 is 19.1 Å². The topological polar surface area (TPSA) is 81.9 Å². The van der Waals surface area contributed by atoms with Gasteiger partial charge in [-0.3, -0.25) is 10.6 Å². The van der Waals surface area contributed by atoms with Crippen molar-refractivity contribution in [1.82, 2.24) is 4.90 Å². The predicted molar refractivity (Wildman–Crippen MR) is 73.0 cm³/mol. The van der Waals surface area contributed by atoms with Crippen molar-refractivity contribution in [2.75, 3.05) is 6.54 Å². The molecule has 0 aromatic carbocycles. The molecule has 1 aliphatic heterocycles. The quantitative estimate of drug-likeness (QED) is 0.618. The molecular weight excluding hydrogens is 272 g/mol. The van der Waals surface area contributed by atoms with Crippen LogP contribution in [0.5, 0.6) is 0 Å². The van der Waals surface area contributed by atoms with Crippen LogP contribution in [0.1, 0.15) is 40.5 Å². The summed E-state index contributed by atoms with van der Waals surface area (Å²) in [6.45, 7) is 7.45. The number of carbonyl (C=O) groups excluding carboxylic acids is 2. The van der Waals surface area contributed by atoms with E-state index in [0.717, 1.165) is 6.42 Å². The predicted octanol–water partition coefficient (Wildman–Crippen LogP) is 1.66. The van der Waals surface area contributed by atoms with Crippen LogP contribution in [-0.2, 0) is 14.3 Å². The summed E-state index contributed by atoms with van der Waals surface area (Å²) in [5.41, 5.74) is 4.83. The van der Waals surface area contributed by atoms with Gasteiger partial charge in [0.05, 0.1) is 0 Å². The first-order chi connectivity index (χ1) is 8.20. The third kappa shape index (κ3) is 5.65. The van der Waals surface area contributed by atoms with Crippen molar-refractivity contribution in [3.8, 4) is 0 Å². The van der Waals surface area contributed by atoms with E-state index in [1.165, 1.54) is 4.90 Å². The fourth-order valence-electron chi connectivity index (χ4n) is 1.81. The number of amides is 1. The molecule has 0 spiro atoms. The lowest BCUT2D eigenvalue weighted by Gasteiger charge is -2.27. The zero-order valence-corrected chi connectivity index (χ0v) is 12.7. The number of hydrogen-bond acceptors (Lipinski definition) is 5. The minimum Gasteiger partial charge on any atom is -0.446 e. The van der Waals surface area contributed by atoms with Crippen molar-refractivity contribution in [1.29, 1.82) is 0 Å². The third-order valence-electron chi connectivity index (χ3n) is 2.45. The Morgan fingerprint density at radius 1 is 1.37 bits per heavy atom. The number of likely N-dealkylation sites (tertiary alicyclic amines) is 1. The Morgan fingerprint density at radius 3 is 2.42 bits per heavy atom. The molecule has 1 heterocycles. The Kier molecular flexibility index (Phi) is 6.59. The van der Waals surface area contributed by atoms with Gasteiger partial charge in [-0.15, -0.1) is 12.4 Å². The molecule has 0 radical (unpaired) electrons. The summed E-state index contributed by atoms with van der Waals surface area (Å²) < 4.78 is 10.2. The molecular formula is C12H23ClN2O4. The molecule has 1 fully saturated rings. The molecule has 0 bridgehead atoms. The highest BCUT2D eigenvalue weighted by Crippen LogP contribution is 2.21. The summed E-state index contributed by atoms with van der Waals surface area (Å²) in [7, 11) is 0. The maximum atomic E-state index is 11.9. The second kappa shape index (κ2) is 6.96. The van der Waals surface area contributed by atoms with Crippen LogP contribution in [0.15, 0.2) is 0 Å². The summed E-state index contributed by atoms with van der Waals surface area (Å²) in [5.74, 6) is -0.464. The Bertz CT molecular complexity index is 328. The molecule has 1 aliphatic rings. The van der Waals surface area contributed by atoms with Crippen LogP contribution in [0.2, 0.25) is 0 Å². The van der Waals surface area contributed by atoms with Crippen LogP contribution in [-0.4, -0.2) is 41.4 Å². The van der Waals surface area contributed by atoms with Gasteiger partial charge in [-0.25, -0.2) is 9.59 Å². The number of nitrogens with zero attached hydrogens (tertiary/aromatic N) is 1. The third-order valence-corrected chi connectivity index (χ3v) is 2.45. The van der Waals surface area contributed by atoms with E-state index in [1.807, 2.05) is 0 Å². The van der Waals surface area contributed by atoms with Gasteiger partial charge in [0.1, 0.15) is 17.9 Å². The number of nitrogens with two attached hydrogens (primary N) is 1. The summed E-state index contributed by atoms with van der Waals surface area (Å²) >= 11 is 0. The van der Waals surface area contributed by atoms with E-state index in [4.69, 9.17) is 15.2 Å². The lowest BCUT2D eigenvalue weighted by molar-refractivity contribution is -0.153. The Balaban J connectivity index is 0.00000324. The number of carbonyl (C=O) groups is 2. The highest BCUT2D eigenvalue weighted by Gasteiger charge is 2.37. The number of esters is 1. The maximum absolute atomic E-state index is 11.9. The second-order valence-corrected chi connectivity index (χ2v) is 5.47. The maximum Gasteiger partial charge on any atom is 0.411 e. The SMILES string of the molecule is CC(N)OC(=O)[C@@H]1CCCN1C(=O)OC(C)(C)C.Cl. The number of rotatable bonds is 2. The van der Waals surface area contributed by atoms with Gasteiger partial charge >= 0.3 is 12.1 Å². The number of hydrogen-bond donors (Lipinski definition) is 1. The minimum absolute atomic E-state index is 0. The second-order valence-electron chi connectivity index (χ2n) is 5.47. The first-order valence-electron chi connectivity index (χ1n) is 6.16. The molecule has 7 heteroatoms. The standard InChI is InChI=1S/C12H22N2O4.ClH/c1-8(13)17-10(15)9-6-5-7-14(9)11(16)18-12(2,3)4;/h8-9H,5-7,13H2,1-4H3;1H/t8?,9-;/m0./s1. The molecule has 1 saturated heterocycles. The average Bonchev–Trinajstić information content (AvgIpc) is 2.61. The van der Waals surface area contributed by atoms with Gasteiger partial charge in [-0.05, 0) is 40.5 Å². The Morgan fingerprint density at radius 2 is 1.95 bits per heavy atom. The van der Waals surface area contributed by atoms with Gasteiger partial charge in [0.15, 0.2) is 0 Å². The van der Waals surface area contributed by atoms with E-state index in [1.54, 1.807) is 27.7 Å². The summed E-state index contributed by atoms with van der Waals surface area (Å²) in [6, 6.07) is -0.578. The van der Waals surface area contributed by atoms with Crippen LogP contribution in [0, 0.1) is 0 Å². The van der Waals surface area contributed by atoms with Gasteiger partial charge in [-0.2, -0.15) is 0 Å². The highest BCUT2D eigenvalue weighted by atomic mass is 35.5. The smallest absolute Gasteiger partial charge is 0.411 e. The lowest BCUT2D eigenvalue weighted by atomic mass is 10.2. The van der Waals surface area contributed by atoms with E-state index in [-0.39, 0.29) is 12.4 Å². The summed E-state index contributed by atoms with van der Waals surface area (Å²) in [4.78, 5) is 25.1. The molecule has 1 amide bonds. The van der Waals surface area contributed by atoms with E-state index in [9.17, 15) is 9.59 Å². The van der Waals surface area contributed by atoms with Gasteiger partial charge in [0.2, 0.25) is 0 Å². The fourth-order valence-corrected chi connectivity index (χ4v) is 1.81. The number of ether oxygens (including phenoxy) is 2. The van der Waals surface area contributed by atoms with Gasteiger partial charge in [-0.1, -0.05) is 0 Å². The molecule has 0 aromatic rings. The van der Waals surface area contributed by atoms with Crippen LogP contribution in [0.25, 0.3) is 0 Å². The molecule has 0 saturated carbocycles. The van der Waals surface area contributed by atoms with Crippen molar-refractivity contribution in [2.24, 2.45) is 5.73 Å². The largest absolute Gasteiger partial charge is 0.446 e. The first-order valence-corrected chi connectivity index (χ1v) is 6.16. The molecule has 2 atom stereocenters. The Labute approximate surface area is 120 Å². The van der Waals surface area contributed by atoms with Crippen LogP contribution < -0.4 is 5.73 Å². The fraction of sp³-hybridized carbons (Fsp3) is 0.833. The first kappa shape index (κ1) is 18.0. The average molecular weight is 295 g/mol. The zero-order chi connectivity index (χ0) is 13.9. The van der Waals surface area contributed by atoms with Gasteiger partial charge in [0, 0.05) is 6.54 Å². The van der Waals surface area contributed by atoms with Gasteiger partial charge < -0.3 is 9.47 Å². The molecule has 6 nitrogen and oxygen atoms in total. The van der Waals surface area contributed by atoms with E-state index >= 15 is 0 Å². The van der Waals surface area contributed by atoms with Crippen LogP contribution in [0.3, 0.4) is 0 Å². The summed E-state index contributed by atoms with van der Waals surface area (Å²) in [5, 5.41) is 0. The van der Waals surface area contributed by atoms with Crippen LogP contribution >= 0.6 is 12.4 Å². The zero-order valence-electron chi connectivity index (χ0n) is 11.8. The molecule has 1 unspecified atom stereocenters. The van der Waals surface area contributed by atoms with Crippen molar-refractivity contribution in [3.05, 3.63) is 0 Å². The van der Waals surface area contributed by atoms with E-state index in [2.05, 4.69) is 0 Å². The van der Waals surface area contributed by atoms with Crippen molar-refractivity contribution >= 4 is 24.5 Å². The van der Waals surface area contributed by atoms with Gasteiger partial charge in [0.25, 0.3) is 0 Å². The Hall–Kier alpha value is -1.01. The highest BCUT2D eigenvalue weighted by molar-refractivity contribution is 5.85. The minimum atomic E-state index is -0.668. The lowest BCUT2D eigenvalue weighted by Crippen LogP contribution is -2.45. The molecule has 19 heavy (non-hydrogen) atoms. The summed E-state index contributed by atoms with van der Waals surface area (Å²) in [6.07, 6.45) is 0.202. The molecule has 1 rings (SSSR count). The molecule has 0 aliphatic carbocycles. The normalized spacial score (nSPS) is 20.5. The van der Waals surface area contributed by atoms with Crippen molar-refractivity contribution in [2.45, 2.75) is 58.4 Å².